The highest BCUT2D eigenvalue weighted by Crippen LogP contribution is 2.35. The molecule has 0 aliphatic heterocycles. The molecule has 2 rings (SSSR count). The number of halogens is 3. The first-order valence-corrected chi connectivity index (χ1v) is 6.92. The molecule has 0 fully saturated rings. The first-order valence-electron chi connectivity index (χ1n) is 6.16. The van der Waals surface area contributed by atoms with E-state index >= 15 is 0 Å². The largest absolute Gasteiger partial charge is 0.494 e. The Labute approximate surface area is 136 Å². The Balaban J connectivity index is 2.51. The minimum atomic E-state index is -1.14. The van der Waals surface area contributed by atoms with Crippen molar-refractivity contribution in [2.24, 2.45) is 0 Å². The van der Waals surface area contributed by atoms with Crippen molar-refractivity contribution < 1.29 is 19.0 Å². The van der Waals surface area contributed by atoms with Crippen molar-refractivity contribution in [1.82, 2.24) is 0 Å². The van der Waals surface area contributed by atoms with E-state index in [1.54, 1.807) is 12.1 Å². The van der Waals surface area contributed by atoms with Gasteiger partial charge in [0.25, 0.3) is 0 Å². The molecule has 0 aliphatic carbocycles. The van der Waals surface area contributed by atoms with Crippen LogP contribution in [0.1, 0.15) is 11.1 Å². The van der Waals surface area contributed by atoms with Crippen LogP contribution in [0.2, 0.25) is 10.0 Å². The van der Waals surface area contributed by atoms with Gasteiger partial charge in [0.15, 0.2) is 5.75 Å². The molecule has 0 atom stereocenters. The number of benzene rings is 2. The fourth-order valence-corrected chi connectivity index (χ4v) is 2.58. The van der Waals surface area contributed by atoms with Gasteiger partial charge in [0.05, 0.1) is 22.7 Å². The topological polar surface area (TPSA) is 46.5 Å². The Morgan fingerprint density at radius 2 is 1.73 bits per heavy atom. The van der Waals surface area contributed by atoms with Crippen molar-refractivity contribution in [3.05, 3.63) is 63.4 Å². The number of carboxylic acids is 1. The predicted molar refractivity (Wildman–Crippen MR) is 84.9 cm³/mol. The Kier molecular flexibility index (Phi) is 5.06. The summed E-state index contributed by atoms with van der Waals surface area (Å²) in [6.07, 6.45) is 1.41. The normalized spacial score (nSPS) is 11.4. The fraction of sp³-hybridized carbons (Fsp3) is 0.0625. The maximum Gasteiger partial charge on any atom is 0.336 e. The number of aliphatic carboxylic acids is 1. The molecule has 22 heavy (non-hydrogen) atoms. The van der Waals surface area contributed by atoms with Crippen LogP contribution in [0.15, 0.2) is 36.4 Å². The summed E-state index contributed by atoms with van der Waals surface area (Å²) in [5.74, 6) is -1.27. The molecule has 2 aromatic carbocycles. The highest BCUT2D eigenvalue weighted by atomic mass is 35.5. The Morgan fingerprint density at radius 1 is 1.18 bits per heavy atom. The van der Waals surface area contributed by atoms with Crippen molar-refractivity contribution in [3.8, 4) is 5.75 Å². The third-order valence-electron chi connectivity index (χ3n) is 2.92. The lowest BCUT2D eigenvalue weighted by Gasteiger charge is -2.08. The maximum atomic E-state index is 13.0. The SMILES string of the molecule is COc1c(Cl)cc(/C=C(\C(=O)O)c2ccc(F)cc2)cc1Cl. The van der Waals surface area contributed by atoms with Crippen molar-refractivity contribution in [3.63, 3.8) is 0 Å². The number of methoxy groups -OCH3 is 1. The van der Waals surface area contributed by atoms with Gasteiger partial charge >= 0.3 is 5.97 Å². The van der Waals surface area contributed by atoms with Crippen LogP contribution in [0.5, 0.6) is 5.75 Å². The summed E-state index contributed by atoms with van der Waals surface area (Å²) < 4.78 is 18.0. The smallest absolute Gasteiger partial charge is 0.336 e. The summed E-state index contributed by atoms with van der Waals surface area (Å²) >= 11 is 12.1. The van der Waals surface area contributed by atoms with E-state index in [9.17, 15) is 14.3 Å². The van der Waals surface area contributed by atoms with Gasteiger partial charge in [-0.15, -0.1) is 0 Å². The van der Waals surface area contributed by atoms with Gasteiger partial charge in [-0.2, -0.15) is 0 Å². The summed E-state index contributed by atoms with van der Waals surface area (Å²) in [5, 5.41) is 9.88. The number of carboxylic acid groups (broad SMARTS) is 1. The van der Waals surface area contributed by atoms with Crippen molar-refractivity contribution in [1.29, 1.82) is 0 Å². The predicted octanol–water partition coefficient (Wildman–Crippen LogP) is 4.77. The lowest BCUT2D eigenvalue weighted by Crippen LogP contribution is -2.00. The minimum absolute atomic E-state index is 0.00250. The summed E-state index contributed by atoms with van der Waals surface area (Å²) in [4.78, 5) is 11.4. The first kappa shape index (κ1) is 16.3. The quantitative estimate of drug-likeness (QED) is 0.644. The number of carbonyl (C=O) groups is 1. The van der Waals surface area contributed by atoms with E-state index < -0.39 is 11.8 Å². The summed E-state index contributed by atoms with van der Waals surface area (Å²) in [6.45, 7) is 0. The molecule has 1 N–H and O–H groups in total. The van der Waals surface area contributed by atoms with E-state index in [2.05, 4.69) is 0 Å². The standard InChI is InChI=1S/C16H11Cl2FO3/c1-22-15-13(17)7-9(8-14(15)18)6-12(16(20)21)10-2-4-11(19)5-3-10/h2-8H,1H3,(H,20,21)/b12-6-. The summed E-state index contributed by atoms with van der Waals surface area (Å²) in [7, 11) is 1.43. The lowest BCUT2D eigenvalue weighted by molar-refractivity contribution is -0.130. The van der Waals surface area contributed by atoms with E-state index in [-0.39, 0.29) is 15.6 Å². The molecule has 0 aliphatic rings. The second kappa shape index (κ2) is 6.81. The Bertz CT molecular complexity index is 717. The molecule has 2 aromatic rings. The van der Waals surface area contributed by atoms with Crippen molar-refractivity contribution in [2.75, 3.05) is 7.11 Å². The van der Waals surface area contributed by atoms with Crippen molar-refractivity contribution >= 4 is 40.8 Å². The van der Waals surface area contributed by atoms with E-state index in [1.807, 2.05) is 0 Å². The van der Waals surface area contributed by atoms with Crippen LogP contribution in [0.4, 0.5) is 4.39 Å². The van der Waals surface area contributed by atoms with Gasteiger partial charge in [0.2, 0.25) is 0 Å². The van der Waals surface area contributed by atoms with Gasteiger partial charge in [-0.3, -0.25) is 0 Å². The molecule has 0 saturated heterocycles. The molecule has 0 aromatic heterocycles. The Morgan fingerprint density at radius 3 is 2.18 bits per heavy atom. The van der Waals surface area contributed by atoms with Crippen LogP contribution in [0, 0.1) is 5.82 Å². The van der Waals surface area contributed by atoms with Gasteiger partial charge in [-0.1, -0.05) is 35.3 Å². The molecular weight excluding hydrogens is 330 g/mol. The van der Waals surface area contributed by atoms with Crippen LogP contribution in [0.3, 0.4) is 0 Å². The van der Waals surface area contributed by atoms with E-state index in [1.165, 1.54) is 37.5 Å². The van der Waals surface area contributed by atoms with Gasteiger partial charge in [0, 0.05) is 0 Å². The highest BCUT2D eigenvalue weighted by molar-refractivity contribution is 6.37. The molecule has 0 bridgehead atoms. The molecular formula is C16H11Cl2FO3. The van der Waals surface area contributed by atoms with Crippen LogP contribution < -0.4 is 4.74 Å². The molecule has 0 radical (unpaired) electrons. The molecule has 3 nitrogen and oxygen atoms in total. The lowest BCUT2D eigenvalue weighted by atomic mass is 10.0. The zero-order chi connectivity index (χ0) is 16.3. The van der Waals surface area contributed by atoms with Crippen LogP contribution >= 0.6 is 23.2 Å². The maximum absolute atomic E-state index is 13.0. The fourth-order valence-electron chi connectivity index (χ4n) is 1.92. The molecule has 6 heteroatoms. The molecule has 0 saturated carbocycles. The molecule has 0 amide bonds. The molecule has 0 unspecified atom stereocenters. The van der Waals surface area contributed by atoms with Gasteiger partial charge in [-0.05, 0) is 41.5 Å². The molecule has 0 heterocycles. The first-order chi connectivity index (χ1) is 10.4. The Hall–Kier alpha value is -2.04. The van der Waals surface area contributed by atoms with Gasteiger partial charge in [-0.25, -0.2) is 9.18 Å². The minimum Gasteiger partial charge on any atom is -0.494 e. The zero-order valence-corrected chi connectivity index (χ0v) is 13.0. The van der Waals surface area contributed by atoms with E-state index in [0.717, 1.165) is 0 Å². The van der Waals surface area contributed by atoms with Crippen LogP contribution in [-0.2, 0) is 4.79 Å². The zero-order valence-electron chi connectivity index (χ0n) is 11.4. The van der Waals surface area contributed by atoms with Gasteiger partial charge in [0.1, 0.15) is 5.82 Å². The number of hydrogen-bond donors (Lipinski definition) is 1. The van der Waals surface area contributed by atoms with Crippen molar-refractivity contribution in [2.45, 2.75) is 0 Å². The van der Waals surface area contributed by atoms with E-state index in [0.29, 0.717) is 16.9 Å². The highest BCUT2D eigenvalue weighted by Gasteiger charge is 2.13. The van der Waals surface area contributed by atoms with E-state index in [4.69, 9.17) is 27.9 Å². The number of rotatable bonds is 4. The summed E-state index contributed by atoms with van der Waals surface area (Å²) in [5.41, 5.74) is 0.867. The van der Waals surface area contributed by atoms with Crippen LogP contribution in [-0.4, -0.2) is 18.2 Å². The monoisotopic (exact) mass is 340 g/mol. The third-order valence-corrected chi connectivity index (χ3v) is 3.48. The average molecular weight is 341 g/mol. The van der Waals surface area contributed by atoms with Gasteiger partial charge < -0.3 is 9.84 Å². The second-order valence-electron chi connectivity index (χ2n) is 4.39. The second-order valence-corrected chi connectivity index (χ2v) is 5.20. The number of hydrogen-bond acceptors (Lipinski definition) is 2. The molecule has 114 valence electrons. The average Bonchev–Trinajstić information content (AvgIpc) is 2.45. The third kappa shape index (κ3) is 3.59. The molecule has 0 spiro atoms. The summed E-state index contributed by atoms with van der Waals surface area (Å²) in [6, 6.07) is 8.25. The van der Waals surface area contributed by atoms with Crippen LogP contribution in [0.25, 0.3) is 11.6 Å². The number of ether oxygens (including phenoxy) is 1.